The zero-order chi connectivity index (χ0) is 28.0. The summed E-state index contributed by atoms with van der Waals surface area (Å²) in [5, 5.41) is 8.09. The molecule has 0 bridgehead atoms. The first-order valence-electron chi connectivity index (χ1n) is 13.0. The molecule has 8 heteroatoms. The Labute approximate surface area is 234 Å². The minimum atomic E-state index is -3.73. The number of aromatic nitrogens is 2. The van der Waals surface area contributed by atoms with Crippen LogP contribution in [-0.2, 0) is 33.2 Å². The minimum Gasteiger partial charge on any atom is -0.355 e. The highest BCUT2D eigenvalue weighted by Crippen LogP contribution is 2.40. The molecule has 0 saturated carbocycles. The van der Waals surface area contributed by atoms with Crippen molar-refractivity contribution in [1.29, 1.82) is 0 Å². The Morgan fingerprint density at radius 3 is 1.75 bits per heavy atom. The lowest BCUT2D eigenvalue weighted by molar-refractivity contribution is -0.120. The van der Waals surface area contributed by atoms with Crippen LogP contribution in [0.15, 0.2) is 133 Å². The number of nitrogens with one attached hydrogen (secondary N) is 1. The van der Waals surface area contributed by atoms with E-state index in [1.807, 2.05) is 60.8 Å². The summed E-state index contributed by atoms with van der Waals surface area (Å²) in [5.74, 6) is -0.142. The number of sulfonamides is 1. The summed E-state index contributed by atoms with van der Waals surface area (Å²) >= 11 is 0. The lowest BCUT2D eigenvalue weighted by atomic mass is 9.77. The van der Waals surface area contributed by atoms with Crippen LogP contribution in [0.3, 0.4) is 0 Å². The molecular formula is C32H30N4O3S. The number of hydrogen-bond acceptors (Lipinski definition) is 4. The third-order valence-electron chi connectivity index (χ3n) is 6.93. The van der Waals surface area contributed by atoms with E-state index >= 15 is 0 Å². The number of nitrogens with two attached hydrogens (primary N) is 1. The summed E-state index contributed by atoms with van der Waals surface area (Å²) in [6, 6.07) is 37.2. The number of nitrogens with zero attached hydrogens (tertiary/aromatic N) is 2. The Balaban J connectivity index is 1.38. The van der Waals surface area contributed by atoms with E-state index in [0.29, 0.717) is 18.7 Å². The van der Waals surface area contributed by atoms with Crippen molar-refractivity contribution < 1.29 is 13.2 Å². The molecule has 0 fully saturated rings. The van der Waals surface area contributed by atoms with Crippen LogP contribution >= 0.6 is 0 Å². The maximum absolute atomic E-state index is 12.8. The van der Waals surface area contributed by atoms with Crippen LogP contribution < -0.4 is 10.5 Å². The standard InChI is InChI=1S/C32H30N4O3S/c33-40(38,39)30-18-16-25(17-19-30)20-21-34-31(37)22-29-23-36(24-35-29)32(26-10-4-1-5-11-26,27-12-6-2-7-13-27)28-14-8-3-9-15-28/h1-19,23-24H,20-22H2,(H,34,37)(H2,33,38,39). The summed E-state index contributed by atoms with van der Waals surface area (Å²) in [5.41, 5.74) is 4.10. The monoisotopic (exact) mass is 550 g/mol. The normalized spacial score (nSPS) is 11.7. The Kier molecular flexibility index (Phi) is 7.91. The number of primary sulfonamides is 1. The van der Waals surface area contributed by atoms with Crippen LogP contribution in [0.4, 0.5) is 0 Å². The second kappa shape index (κ2) is 11.7. The van der Waals surface area contributed by atoms with Gasteiger partial charge in [-0.1, -0.05) is 103 Å². The van der Waals surface area contributed by atoms with Gasteiger partial charge in [0.1, 0.15) is 5.54 Å². The fourth-order valence-corrected chi connectivity index (χ4v) is 5.56. The zero-order valence-electron chi connectivity index (χ0n) is 21.9. The molecule has 0 radical (unpaired) electrons. The molecule has 0 saturated heterocycles. The molecular weight excluding hydrogens is 520 g/mol. The van der Waals surface area contributed by atoms with E-state index in [1.54, 1.807) is 18.5 Å². The van der Waals surface area contributed by atoms with Crippen molar-refractivity contribution in [1.82, 2.24) is 14.9 Å². The van der Waals surface area contributed by atoms with Crippen LogP contribution in [0.5, 0.6) is 0 Å². The van der Waals surface area contributed by atoms with Crippen molar-refractivity contribution in [3.8, 4) is 0 Å². The molecule has 0 unspecified atom stereocenters. The maximum atomic E-state index is 12.8. The molecule has 3 N–H and O–H groups in total. The van der Waals surface area contributed by atoms with E-state index < -0.39 is 15.6 Å². The predicted molar refractivity (Wildman–Crippen MR) is 155 cm³/mol. The first-order valence-corrected chi connectivity index (χ1v) is 14.5. The summed E-state index contributed by atoms with van der Waals surface area (Å²) in [6.07, 6.45) is 4.43. The van der Waals surface area contributed by atoms with Gasteiger partial charge in [-0.25, -0.2) is 18.5 Å². The van der Waals surface area contributed by atoms with Crippen molar-refractivity contribution in [3.05, 3.63) is 156 Å². The average Bonchev–Trinajstić information content (AvgIpc) is 3.43. The van der Waals surface area contributed by atoms with E-state index in [-0.39, 0.29) is 17.2 Å². The number of amides is 1. The van der Waals surface area contributed by atoms with Crippen LogP contribution in [0.25, 0.3) is 0 Å². The Hall–Kier alpha value is -4.53. The van der Waals surface area contributed by atoms with Gasteiger partial charge in [-0.2, -0.15) is 0 Å². The molecule has 0 atom stereocenters. The number of carbonyl (C=O) groups is 1. The van der Waals surface area contributed by atoms with Gasteiger partial charge in [0.25, 0.3) is 0 Å². The molecule has 5 aromatic rings. The number of hydrogen-bond donors (Lipinski definition) is 2. The van der Waals surface area contributed by atoms with Crippen LogP contribution in [0.1, 0.15) is 27.9 Å². The topological polar surface area (TPSA) is 107 Å². The highest BCUT2D eigenvalue weighted by molar-refractivity contribution is 7.89. The van der Waals surface area contributed by atoms with Gasteiger partial charge >= 0.3 is 0 Å². The molecule has 5 rings (SSSR count). The third kappa shape index (κ3) is 5.73. The fourth-order valence-electron chi connectivity index (χ4n) is 5.04. The molecule has 0 aliphatic heterocycles. The van der Waals surface area contributed by atoms with Gasteiger partial charge in [0.05, 0.1) is 23.3 Å². The lowest BCUT2D eigenvalue weighted by Crippen LogP contribution is -2.37. The van der Waals surface area contributed by atoms with E-state index in [1.165, 1.54) is 12.1 Å². The number of imidazole rings is 1. The maximum Gasteiger partial charge on any atom is 0.238 e. The number of rotatable bonds is 10. The predicted octanol–water partition coefficient (Wildman–Crippen LogP) is 4.27. The number of benzene rings is 4. The Bertz CT molecular complexity index is 1570. The molecule has 0 aliphatic carbocycles. The van der Waals surface area contributed by atoms with Gasteiger partial charge in [0, 0.05) is 12.7 Å². The molecule has 4 aromatic carbocycles. The first-order chi connectivity index (χ1) is 19.4. The van der Waals surface area contributed by atoms with E-state index in [4.69, 9.17) is 5.14 Å². The summed E-state index contributed by atoms with van der Waals surface area (Å²) < 4.78 is 25.0. The van der Waals surface area contributed by atoms with Gasteiger partial charge in [-0.15, -0.1) is 0 Å². The summed E-state index contributed by atoms with van der Waals surface area (Å²) in [6.45, 7) is 0.413. The first kappa shape index (κ1) is 27.1. The second-order valence-electron chi connectivity index (χ2n) is 9.55. The molecule has 202 valence electrons. The van der Waals surface area contributed by atoms with Crippen molar-refractivity contribution >= 4 is 15.9 Å². The summed E-state index contributed by atoms with van der Waals surface area (Å²) in [4.78, 5) is 17.5. The SMILES string of the molecule is NS(=O)(=O)c1ccc(CCNC(=O)Cc2cn(C(c3ccccc3)(c3ccccc3)c3ccccc3)cn2)cc1. The molecule has 1 aromatic heterocycles. The summed E-state index contributed by atoms with van der Waals surface area (Å²) in [7, 11) is -3.73. The van der Waals surface area contributed by atoms with E-state index in [9.17, 15) is 13.2 Å². The van der Waals surface area contributed by atoms with Crippen molar-refractivity contribution in [2.75, 3.05) is 6.54 Å². The van der Waals surface area contributed by atoms with Crippen LogP contribution in [0.2, 0.25) is 0 Å². The van der Waals surface area contributed by atoms with Crippen molar-refractivity contribution in [2.24, 2.45) is 5.14 Å². The highest BCUT2D eigenvalue weighted by Gasteiger charge is 2.38. The van der Waals surface area contributed by atoms with E-state index in [2.05, 4.69) is 51.3 Å². The van der Waals surface area contributed by atoms with Gasteiger partial charge < -0.3 is 9.88 Å². The third-order valence-corrected chi connectivity index (χ3v) is 7.86. The lowest BCUT2D eigenvalue weighted by Gasteiger charge is -2.37. The van der Waals surface area contributed by atoms with Gasteiger partial charge in [0.15, 0.2) is 0 Å². The molecule has 7 nitrogen and oxygen atoms in total. The van der Waals surface area contributed by atoms with Gasteiger partial charge in [-0.3, -0.25) is 4.79 Å². The zero-order valence-corrected chi connectivity index (χ0v) is 22.7. The molecule has 0 spiro atoms. The minimum absolute atomic E-state index is 0.0634. The molecule has 1 amide bonds. The van der Waals surface area contributed by atoms with Gasteiger partial charge in [0.2, 0.25) is 15.9 Å². The van der Waals surface area contributed by atoms with Crippen LogP contribution in [0, 0.1) is 0 Å². The largest absolute Gasteiger partial charge is 0.355 e. The molecule has 40 heavy (non-hydrogen) atoms. The Morgan fingerprint density at radius 2 is 1.27 bits per heavy atom. The van der Waals surface area contributed by atoms with Crippen molar-refractivity contribution in [2.45, 2.75) is 23.3 Å². The van der Waals surface area contributed by atoms with Gasteiger partial charge in [-0.05, 0) is 40.8 Å². The fraction of sp³-hybridized carbons (Fsp3) is 0.125. The molecule has 0 aliphatic rings. The Morgan fingerprint density at radius 1 is 0.775 bits per heavy atom. The van der Waals surface area contributed by atoms with Crippen molar-refractivity contribution in [3.63, 3.8) is 0 Å². The second-order valence-corrected chi connectivity index (χ2v) is 11.1. The van der Waals surface area contributed by atoms with E-state index in [0.717, 1.165) is 22.3 Å². The quantitative estimate of drug-likeness (QED) is 0.253. The molecule has 1 heterocycles. The average molecular weight is 551 g/mol. The number of carbonyl (C=O) groups excluding carboxylic acids is 1. The highest BCUT2D eigenvalue weighted by atomic mass is 32.2. The van der Waals surface area contributed by atoms with Crippen LogP contribution in [-0.4, -0.2) is 30.4 Å². The smallest absolute Gasteiger partial charge is 0.238 e.